The van der Waals surface area contributed by atoms with Crippen molar-refractivity contribution < 1.29 is 4.79 Å². The molecule has 0 radical (unpaired) electrons. The summed E-state index contributed by atoms with van der Waals surface area (Å²) < 4.78 is 1.73. The van der Waals surface area contributed by atoms with E-state index >= 15 is 0 Å². The highest BCUT2D eigenvalue weighted by molar-refractivity contribution is 5.93. The van der Waals surface area contributed by atoms with Crippen LogP contribution in [-0.4, -0.2) is 26.5 Å². The summed E-state index contributed by atoms with van der Waals surface area (Å²) in [6.07, 6.45) is 0. The normalized spacial score (nSPS) is 11.1. The topological polar surface area (TPSA) is 59.3 Å². The van der Waals surface area contributed by atoms with E-state index in [4.69, 9.17) is 4.98 Å². The molecule has 2 heterocycles. The van der Waals surface area contributed by atoms with Crippen molar-refractivity contribution in [3.8, 4) is 22.5 Å². The van der Waals surface area contributed by atoms with Crippen LogP contribution >= 0.6 is 0 Å². The van der Waals surface area contributed by atoms with Crippen LogP contribution in [0.5, 0.6) is 0 Å². The zero-order valence-electron chi connectivity index (χ0n) is 15.3. The molecule has 134 valence electrons. The van der Waals surface area contributed by atoms with Gasteiger partial charge < -0.3 is 5.32 Å². The lowest BCUT2D eigenvalue weighted by molar-refractivity contribution is 0.0938. The maximum absolute atomic E-state index is 12.4. The van der Waals surface area contributed by atoms with Crippen molar-refractivity contribution in [3.63, 3.8) is 0 Å². The lowest BCUT2D eigenvalue weighted by Gasteiger charge is -2.08. The predicted octanol–water partition coefficient (Wildman–Crippen LogP) is 4.20. The lowest BCUT2D eigenvalue weighted by atomic mass is 10.1. The molecule has 0 saturated heterocycles. The molecule has 5 nitrogen and oxygen atoms in total. The molecule has 5 heteroatoms. The molecule has 0 saturated carbocycles. The first-order valence-corrected chi connectivity index (χ1v) is 8.94. The van der Waals surface area contributed by atoms with Crippen molar-refractivity contribution in [2.75, 3.05) is 0 Å². The van der Waals surface area contributed by atoms with Gasteiger partial charge in [0.15, 0.2) is 11.3 Å². The SMILES string of the molecule is CC(C)NC(=O)c1cc2nc(-c3ccccc3)cc(-c3ccccc3)n2n1. The van der Waals surface area contributed by atoms with E-state index in [-0.39, 0.29) is 11.9 Å². The van der Waals surface area contributed by atoms with E-state index in [1.165, 1.54) is 0 Å². The number of amides is 1. The number of carbonyl (C=O) groups excluding carboxylic acids is 1. The molecular formula is C22H20N4O. The zero-order chi connectivity index (χ0) is 18.8. The maximum Gasteiger partial charge on any atom is 0.272 e. The van der Waals surface area contributed by atoms with Crippen LogP contribution in [0.1, 0.15) is 24.3 Å². The minimum atomic E-state index is -0.198. The largest absolute Gasteiger partial charge is 0.348 e. The van der Waals surface area contributed by atoms with E-state index in [2.05, 4.69) is 10.4 Å². The number of rotatable bonds is 4. The van der Waals surface area contributed by atoms with Crippen LogP contribution in [-0.2, 0) is 0 Å². The van der Waals surface area contributed by atoms with E-state index < -0.39 is 0 Å². The molecule has 0 unspecified atom stereocenters. The summed E-state index contributed by atoms with van der Waals surface area (Å²) in [5.41, 5.74) is 4.77. The fourth-order valence-corrected chi connectivity index (χ4v) is 2.99. The summed E-state index contributed by atoms with van der Waals surface area (Å²) in [5.74, 6) is -0.198. The van der Waals surface area contributed by atoms with Gasteiger partial charge in [-0.15, -0.1) is 0 Å². The van der Waals surface area contributed by atoms with Gasteiger partial charge in [-0.05, 0) is 19.9 Å². The molecule has 0 spiro atoms. The minimum absolute atomic E-state index is 0.0451. The third kappa shape index (κ3) is 3.44. The summed E-state index contributed by atoms with van der Waals surface area (Å²) in [4.78, 5) is 17.1. The van der Waals surface area contributed by atoms with Gasteiger partial charge in [-0.25, -0.2) is 9.50 Å². The third-order valence-corrected chi connectivity index (χ3v) is 4.22. The van der Waals surface area contributed by atoms with Crippen molar-refractivity contribution in [1.82, 2.24) is 19.9 Å². The summed E-state index contributed by atoms with van der Waals surface area (Å²) in [7, 11) is 0. The Morgan fingerprint density at radius 1 is 0.926 bits per heavy atom. The summed E-state index contributed by atoms with van der Waals surface area (Å²) >= 11 is 0. The molecule has 0 aliphatic carbocycles. The van der Waals surface area contributed by atoms with E-state index in [0.29, 0.717) is 11.3 Å². The second-order valence-corrected chi connectivity index (χ2v) is 6.69. The fourth-order valence-electron chi connectivity index (χ4n) is 2.99. The molecule has 2 aromatic carbocycles. The number of carbonyl (C=O) groups is 1. The average molecular weight is 356 g/mol. The minimum Gasteiger partial charge on any atom is -0.348 e. The van der Waals surface area contributed by atoms with Crippen LogP contribution in [0, 0.1) is 0 Å². The van der Waals surface area contributed by atoms with Crippen LogP contribution in [0.15, 0.2) is 72.8 Å². The number of hydrogen-bond acceptors (Lipinski definition) is 3. The Balaban J connectivity index is 1.92. The first kappa shape index (κ1) is 17.0. The van der Waals surface area contributed by atoms with Crippen molar-refractivity contribution in [3.05, 3.63) is 78.5 Å². The first-order valence-electron chi connectivity index (χ1n) is 8.94. The lowest BCUT2D eigenvalue weighted by Crippen LogP contribution is -2.30. The first-order chi connectivity index (χ1) is 13.1. The number of nitrogens with one attached hydrogen (secondary N) is 1. The Bertz CT molecular complexity index is 1090. The summed E-state index contributed by atoms with van der Waals surface area (Å²) in [5, 5.41) is 7.40. The van der Waals surface area contributed by atoms with Crippen molar-refractivity contribution in [2.45, 2.75) is 19.9 Å². The number of fused-ring (bicyclic) bond motifs is 1. The Labute approximate surface area is 157 Å². The van der Waals surface area contributed by atoms with Gasteiger partial charge in [0.25, 0.3) is 5.91 Å². The van der Waals surface area contributed by atoms with Crippen LogP contribution in [0.2, 0.25) is 0 Å². The number of hydrogen-bond donors (Lipinski definition) is 1. The number of benzene rings is 2. The summed E-state index contributed by atoms with van der Waals surface area (Å²) in [6.45, 7) is 3.85. The van der Waals surface area contributed by atoms with Gasteiger partial charge in [-0.2, -0.15) is 5.10 Å². The predicted molar refractivity (Wildman–Crippen MR) is 106 cm³/mol. The van der Waals surface area contributed by atoms with Gasteiger partial charge >= 0.3 is 0 Å². The molecule has 0 bridgehead atoms. The Morgan fingerprint density at radius 3 is 2.19 bits per heavy atom. The molecular weight excluding hydrogens is 336 g/mol. The van der Waals surface area contributed by atoms with Crippen LogP contribution in [0.3, 0.4) is 0 Å². The monoisotopic (exact) mass is 356 g/mol. The second-order valence-electron chi connectivity index (χ2n) is 6.69. The zero-order valence-corrected chi connectivity index (χ0v) is 15.3. The highest BCUT2D eigenvalue weighted by atomic mass is 16.2. The standard InChI is InChI=1S/C22H20N4O/c1-15(2)23-22(27)19-14-21-24-18(16-9-5-3-6-10-16)13-20(26(21)25-19)17-11-7-4-8-12-17/h3-15H,1-2H3,(H,23,27). The molecule has 0 fully saturated rings. The van der Waals surface area contributed by atoms with Gasteiger partial charge in [0.2, 0.25) is 0 Å². The fraction of sp³-hybridized carbons (Fsp3) is 0.136. The van der Waals surface area contributed by atoms with Crippen LogP contribution in [0.4, 0.5) is 0 Å². The van der Waals surface area contributed by atoms with E-state index in [1.807, 2.05) is 80.6 Å². The van der Waals surface area contributed by atoms with Gasteiger partial charge in [-0.3, -0.25) is 4.79 Å². The number of nitrogens with zero attached hydrogens (tertiary/aromatic N) is 3. The molecule has 1 N–H and O–H groups in total. The third-order valence-electron chi connectivity index (χ3n) is 4.22. The molecule has 0 aliphatic rings. The van der Waals surface area contributed by atoms with Crippen LogP contribution in [0.25, 0.3) is 28.2 Å². The molecule has 4 rings (SSSR count). The summed E-state index contributed by atoms with van der Waals surface area (Å²) in [6, 6.07) is 23.8. The maximum atomic E-state index is 12.4. The quantitative estimate of drug-likeness (QED) is 0.596. The van der Waals surface area contributed by atoms with Crippen molar-refractivity contribution in [2.24, 2.45) is 0 Å². The highest BCUT2D eigenvalue weighted by Gasteiger charge is 2.16. The van der Waals surface area contributed by atoms with E-state index in [9.17, 15) is 4.79 Å². The molecule has 27 heavy (non-hydrogen) atoms. The van der Waals surface area contributed by atoms with Crippen LogP contribution < -0.4 is 5.32 Å². The highest BCUT2D eigenvalue weighted by Crippen LogP contribution is 2.26. The van der Waals surface area contributed by atoms with Crippen molar-refractivity contribution >= 4 is 11.6 Å². The van der Waals surface area contributed by atoms with E-state index in [1.54, 1.807) is 10.6 Å². The number of aromatic nitrogens is 3. The average Bonchev–Trinajstić information content (AvgIpc) is 3.12. The van der Waals surface area contributed by atoms with Crippen molar-refractivity contribution in [1.29, 1.82) is 0 Å². The molecule has 2 aromatic heterocycles. The molecule has 0 atom stereocenters. The van der Waals surface area contributed by atoms with Gasteiger partial charge in [0, 0.05) is 23.2 Å². The Kier molecular flexibility index (Phi) is 4.42. The Hall–Kier alpha value is -3.47. The second kappa shape index (κ2) is 7.03. The van der Waals surface area contributed by atoms with Gasteiger partial charge in [0.1, 0.15) is 0 Å². The van der Waals surface area contributed by atoms with Gasteiger partial charge in [0.05, 0.1) is 11.4 Å². The smallest absolute Gasteiger partial charge is 0.272 e. The Morgan fingerprint density at radius 2 is 1.56 bits per heavy atom. The van der Waals surface area contributed by atoms with Gasteiger partial charge in [-0.1, -0.05) is 60.7 Å². The molecule has 4 aromatic rings. The van der Waals surface area contributed by atoms with E-state index in [0.717, 1.165) is 22.5 Å². The molecule has 1 amide bonds. The molecule has 0 aliphatic heterocycles.